The average Bonchev–Trinajstić information content (AvgIpc) is 2.72. The molecule has 4 N–H and O–H groups in total. The summed E-state index contributed by atoms with van der Waals surface area (Å²) in [5.41, 5.74) is 1.68. The zero-order valence-corrected chi connectivity index (χ0v) is 18.7. The summed E-state index contributed by atoms with van der Waals surface area (Å²) in [6.07, 6.45) is 3.81. The molecule has 6 nitrogen and oxygen atoms in total. The average molecular weight is 455 g/mol. The highest BCUT2D eigenvalue weighted by Gasteiger charge is 2.08. The van der Waals surface area contributed by atoms with E-state index in [1.54, 1.807) is 0 Å². The Bertz CT molecular complexity index is 726. The van der Waals surface area contributed by atoms with Gasteiger partial charge in [-0.1, -0.05) is 0 Å². The molecule has 0 saturated carbocycles. The third-order valence-electron chi connectivity index (χ3n) is 3.74. The minimum absolute atomic E-state index is 0. The Morgan fingerprint density at radius 3 is 1.30 bits per heavy atom. The Labute approximate surface area is 190 Å². The molecular weight excluding hydrogens is 427 g/mol. The van der Waals surface area contributed by atoms with Crippen molar-refractivity contribution in [2.45, 2.75) is 13.8 Å². The fourth-order valence-corrected chi connectivity index (χ4v) is 2.33. The van der Waals surface area contributed by atoms with E-state index in [0.717, 1.165) is 22.6 Å². The summed E-state index contributed by atoms with van der Waals surface area (Å²) in [5, 5.41) is 11.6. The number of hydrogen-bond acceptors (Lipinski definition) is 4. The summed E-state index contributed by atoms with van der Waals surface area (Å²) in [7, 11) is 0. The molecule has 8 heteroatoms. The summed E-state index contributed by atoms with van der Waals surface area (Å²) in [6, 6.07) is 14.9. The molecule has 2 rings (SSSR count). The predicted octanol–water partition coefficient (Wildman–Crippen LogP) is -5.21. The van der Waals surface area contributed by atoms with Crippen molar-refractivity contribution in [3.63, 3.8) is 0 Å². The lowest BCUT2D eigenvalue weighted by molar-refractivity contribution is -0.138. The van der Waals surface area contributed by atoms with E-state index in [1.807, 2.05) is 74.5 Å². The number of halogens is 2. The first-order valence-electron chi connectivity index (χ1n) is 9.26. The molecule has 2 aromatic rings. The van der Waals surface area contributed by atoms with Crippen LogP contribution in [0, 0.1) is 0 Å². The van der Waals surface area contributed by atoms with Crippen LogP contribution in [0.5, 0.6) is 11.5 Å². The van der Waals surface area contributed by atoms with Crippen molar-refractivity contribution in [1.82, 2.24) is 0 Å². The molecule has 0 aliphatic heterocycles. The molecular formula is C22H28Cl2N2O4. The first kappa shape index (κ1) is 27.3. The van der Waals surface area contributed by atoms with Gasteiger partial charge in [0.1, 0.15) is 24.7 Å². The maximum absolute atomic E-state index is 5.81. The van der Waals surface area contributed by atoms with E-state index in [0.29, 0.717) is 38.2 Å². The second kappa shape index (κ2) is 15.2. The lowest BCUT2D eigenvalue weighted by Crippen LogP contribution is -3.00. The Hall–Kier alpha value is -2.70. The summed E-state index contributed by atoms with van der Waals surface area (Å²) in [6.45, 7) is 5.78. The van der Waals surface area contributed by atoms with E-state index in [9.17, 15) is 0 Å². The second-order valence-corrected chi connectivity index (χ2v) is 5.74. The molecule has 164 valence electrons. The molecule has 0 amide bonds. The molecule has 2 aromatic carbocycles. The number of ether oxygens (including phenoxy) is 4. The van der Waals surface area contributed by atoms with E-state index in [1.165, 1.54) is 0 Å². The van der Waals surface area contributed by atoms with Gasteiger partial charge in [0.2, 0.25) is 0 Å². The molecule has 0 atom stereocenters. The third kappa shape index (κ3) is 9.20. The molecule has 0 spiro atoms. The summed E-state index contributed by atoms with van der Waals surface area (Å²) < 4.78 is 21.9. The molecule has 0 bridgehead atoms. The van der Waals surface area contributed by atoms with Crippen molar-refractivity contribution in [2.24, 2.45) is 0 Å². The van der Waals surface area contributed by atoms with Crippen LogP contribution >= 0.6 is 0 Å². The Balaban J connectivity index is 0.00000420. The van der Waals surface area contributed by atoms with Crippen molar-refractivity contribution in [2.75, 3.05) is 26.4 Å². The van der Waals surface area contributed by atoms with Crippen LogP contribution in [0.15, 0.2) is 60.7 Å². The number of benzene rings is 2. The standard InChI is InChI=1S/C22H26N2O4.2ClH/c1-3-25-21(23)17-7-11-19(12-8-17)27-15-5-6-16-28-20-13-9-18(10-14-20)22(24)26-4-2;;/h5-14,23-24H,3-4,15-16H2,1-2H3;2*1H/b6-5-,23-21?,24-22?;;. The van der Waals surface area contributed by atoms with E-state index in [4.69, 9.17) is 29.8 Å². The first-order chi connectivity index (χ1) is 13.6. The summed E-state index contributed by atoms with van der Waals surface area (Å²) in [4.78, 5) is 0. The highest BCUT2D eigenvalue weighted by atomic mass is 35.5. The normalized spacial score (nSPS) is 9.80. The van der Waals surface area contributed by atoms with Crippen LogP contribution in [0.3, 0.4) is 0 Å². The summed E-state index contributed by atoms with van der Waals surface area (Å²) in [5.74, 6) is 2.35. The van der Waals surface area contributed by atoms with Gasteiger partial charge in [0.15, 0.2) is 0 Å². The number of hydrogen-bond donors (Lipinski definition) is 2. The van der Waals surface area contributed by atoms with Crippen LogP contribution in [-0.4, -0.2) is 38.2 Å². The molecule has 0 fully saturated rings. The maximum Gasteiger partial charge on any atom is 0.366 e. The van der Waals surface area contributed by atoms with E-state index < -0.39 is 0 Å². The van der Waals surface area contributed by atoms with Gasteiger partial charge < -0.3 is 43.8 Å². The highest BCUT2D eigenvalue weighted by Crippen LogP contribution is 2.13. The molecule has 0 aliphatic rings. The van der Waals surface area contributed by atoms with Gasteiger partial charge in [-0.2, -0.15) is 0 Å². The highest BCUT2D eigenvalue weighted by molar-refractivity contribution is 5.89. The van der Waals surface area contributed by atoms with Crippen molar-refractivity contribution in [3.8, 4) is 11.5 Å². The fourth-order valence-electron chi connectivity index (χ4n) is 2.33. The van der Waals surface area contributed by atoms with Crippen molar-refractivity contribution in [3.05, 3.63) is 71.8 Å². The molecule has 30 heavy (non-hydrogen) atoms. The van der Waals surface area contributed by atoms with Gasteiger partial charge in [-0.25, -0.2) is 10.8 Å². The van der Waals surface area contributed by atoms with Gasteiger partial charge in [0, 0.05) is 0 Å². The monoisotopic (exact) mass is 454 g/mol. The van der Waals surface area contributed by atoms with Crippen molar-refractivity contribution < 1.29 is 54.6 Å². The van der Waals surface area contributed by atoms with Crippen LogP contribution in [0.2, 0.25) is 0 Å². The fraction of sp³-hybridized carbons (Fsp3) is 0.273. The smallest absolute Gasteiger partial charge is 0.366 e. The topological polar surface area (TPSA) is 88.1 Å². The SMILES string of the molecule is CCOC(=[NH2+])c1ccc(OC/C=C\COc2ccc(C(=[NH2+])OCC)cc2)cc1.[Cl-].[Cl-]. The van der Waals surface area contributed by atoms with Gasteiger partial charge in [0.05, 0.1) is 24.3 Å². The number of rotatable bonds is 10. The lowest BCUT2D eigenvalue weighted by Gasteiger charge is -2.05. The molecule has 0 unspecified atom stereocenters. The Morgan fingerprint density at radius 2 is 1.00 bits per heavy atom. The minimum atomic E-state index is 0. The van der Waals surface area contributed by atoms with Crippen molar-refractivity contribution >= 4 is 11.8 Å². The van der Waals surface area contributed by atoms with Gasteiger partial charge in [-0.15, -0.1) is 0 Å². The van der Waals surface area contributed by atoms with Gasteiger partial charge >= 0.3 is 11.8 Å². The molecule has 0 saturated heterocycles. The van der Waals surface area contributed by atoms with Crippen molar-refractivity contribution in [1.29, 1.82) is 0 Å². The van der Waals surface area contributed by atoms with Gasteiger partial charge in [0.25, 0.3) is 0 Å². The van der Waals surface area contributed by atoms with Crippen LogP contribution < -0.4 is 45.1 Å². The minimum Gasteiger partial charge on any atom is -1.00 e. The third-order valence-corrected chi connectivity index (χ3v) is 3.74. The Kier molecular flexibility index (Phi) is 13.8. The molecule has 0 heterocycles. The van der Waals surface area contributed by atoms with Crippen LogP contribution in [0.1, 0.15) is 25.0 Å². The lowest BCUT2D eigenvalue weighted by atomic mass is 10.2. The maximum atomic E-state index is 5.81. The van der Waals surface area contributed by atoms with Crippen LogP contribution in [-0.2, 0) is 9.47 Å². The largest absolute Gasteiger partial charge is 1.00 e. The zero-order chi connectivity index (χ0) is 20.2. The van der Waals surface area contributed by atoms with Gasteiger partial charge in [-0.05, 0) is 74.5 Å². The van der Waals surface area contributed by atoms with Gasteiger partial charge in [-0.3, -0.25) is 0 Å². The Morgan fingerprint density at radius 1 is 0.667 bits per heavy atom. The zero-order valence-electron chi connectivity index (χ0n) is 17.1. The van der Waals surface area contributed by atoms with E-state index >= 15 is 0 Å². The number of nitrogens with two attached hydrogens (primary N) is 2. The molecule has 0 radical (unpaired) electrons. The second-order valence-electron chi connectivity index (χ2n) is 5.74. The quantitative estimate of drug-likeness (QED) is 0.213. The van der Waals surface area contributed by atoms with E-state index in [2.05, 4.69) is 0 Å². The van der Waals surface area contributed by atoms with Crippen LogP contribution in [0.25, 0.3) is 0 Å². The summed E-state index contributed by atoms with van der Waals surface area (Å²) >= 11 is 0. The molecule has 0 aromatic heterocycles. The van der Waals surface area contributed by atoms with E-state index in [-0.39, 0.29) is 24.8 Å². The predicted molar refractivity (Wildman–Crippen MR) is 108 cm³/mol. The first-order valence-corrected chi connectivity index (χ1v) is 9.26. The molecule has 0 aliphatic carbocycles. The van der Waals surface area contributed by atoms with Crippen LogP contribution in [0.4, 0.5) is 0 Å².